The Hall–Kier alpha value is -1.43. The van der Waals surface area contributed by atoms with Crippen molar-refractivity contribution in [2.24, 2.45) is 5.92 Å². The average molecular weight is 257 g/mol. The van der Waals surface area contributed by atoms with Crippen molar-refractivity contribution in [1.82, 2.24) is 0 Å². The number of ether oxygens (including phenoxy) is 1. The van der Waals surface area contributed by atoms with E-state index in [4.69, 9.17) is 0 Å². The lowest BCUT2D eigenvalue weighted by Gasteiger charge is -2.18. The molecule has 0 saturated heterocycles. The van der Waals surface area contributed by atoms with Crippen LogP contribution in [0, 0.1) is 16.0 Å². The zero-order chi connectivity index (χ0) is 13.5. The van der Waals surface area contributed by atoms with Gasteiger partial charge in [0.1, 0.15) is 0 Å². The summed E-state index contributed by atoms with van der Waals surface area (Å²) in [5, 5.41) is 20.5. The normalized spacial score (nSPS) is 19.3. The van der Waals surface area contributed by atoms with Crippen LogP contribution < -0.4 is 0 Å². The maximum absolute atomic E-state index is 11.3. The first kappa shape index (κ1) is 14.6. The van der Waals surface area contributed by atoms with E-state index < -0.39 is 22.7 Å². The lowest BCUT2D eigenvalue weighted by Crippen LogP contribution is -2.29. The van der Waals surface area contributed by atoms with Gasteiger partial charge in [-0.1, -0.05) is 19.3 Å². The smallest absolute Gasteiger partial charge is 0.346 e. The van der Waals surface area contributed by atoms with Crippen molar-refractivity contribution < 1.29 is 19.6 Å². The van der Waals surface area contributed by atoms with E-state index in [0.29, 0.717) is 0 Å². The van der Waals surface area contributed by atoms with Gasteiger partial charge in [0.05, 0.1) is 11.5 Å². The molecular weight excluding hydrogens is 238 g/mol. The number of nitro groups is 1. The number of hydrogen-bond acceptors (Lipinski definition) is 5. The Morgan fingerprint density at radius 1 is 1.50 bits per heavy atom. The molecule has 6 nitrogen and oxygen atoms in total. The van der Waals surface area contributed by atoms with E-state index in [1.807, 2.05) is 0 Å². The van der Waals surface area contributed by atoms with Crippen LogP contribution in [-0.4, -0.2) is 28.7 Å². The van der Waals surface area contributed by atoms with Gasteiger partial charge in [-0.25, -0.2) is 4.79 Å². The summed E-state index contributed by atoms with van der Waals surface area (Å²) in [7, 11) is 0. The third-order valence-corrected chi connectivity index (χ3v) is 3.06. The van der Waals surface area contributed by atoms with Gasteiger partial charge in [0.15, 0.2) is 0 Å². The van der Waals surface area contributed by atoms with Crippen molar-refractivity contribution in [3.05, 3.63) is 21.9 Å². The molecule has 0 amide bonds. The van der Waals surface area contributed by atoms with Crippen molar-refractivity contribution in [2.45, 2.75) is 45.1 Å². The van der Waals surface area contributed by atoms with Crippen LogP contribution in [0.2, 0.25) is 0 Å². The highest BCUT2D eigenvalue weighted by Gasteiger charge is 2.32. The maximum atomic E-state index is 11.3. The molecule has 0 bridgehead atoms. The average Bonchev–Trinajstić information content (AvgIpc) is 2.36. The first-order valence-corrected chi connectivity index (χ1v) is 6.27. The first-order valence-electron chi connectivity index (χ1n) is 6.27. The zero-order valence-corrected chi connectivity index (χ0v) is 10.5. The van der Waals surface area contributed by atoms with Crippen LogP contribution in [0.25, 0.3) is 0 Å². The van der Waals surface area contributed by atoms with Crippen LogP contribution in [0.1, 0.15) is 39.0 Å². The Balaban J connectivity index is 2.77. The van der Waals surface area contributed by atoms with Crippen molar-refractivity contribution in [1.29, 1.82) is 0 Å². The second-order valence-corrected chi connectivity index (χ2v) is 4.40. The summed E-state index contributed by atoms with van der Waals surface area (Å²) >= 11 is 0. The minimum Gasteiger partial charge on any atom is -0.464 e. The number of aliphatic hydroxyl groups excluding tert-OH is 1. The number of nitrogens with zero attached hydrogens (tertiary/aromatic N) is 1. The monoisotopic (exact) mass is 257 g/mol. The van der Waals surface area contributed by atoms with E-state index in [-0.39, 0.29) is 12.5 Å². The van der Waals surface area contributed by atoms with E-state index in [9.17, 15) is 20.0 Å². The third-order valence-electron chi connectivity index (χ3n) is 3.06. The van der Waals surface area contributed by atoms with Crippen LogP contribution in [0.15, 0.2) is 11.8 Å². The van der Waals surface area contributed by atoms with Crippen LogP contribution in [0.3, 0.4) is 0 Å². The zero-order valence-electron chi connectivity index (χ0n) is 10.5. The van der Waals surface area contributed by atoms with Gasteiger partial charge in [-0.2, -0.15) is 0 Å². The predicted molar refractivity (Wildman–Crippen MR) is 64.3 cm³/mol. The topological polar surface area (TPSA) is 89.7 Å². The summed E-state index contributed by atoms with van der Waals surface area (Å²) in [5.41, 5.74) is -0.458. The van der Waals surface area contributed by atoms with Gasteiger partial charge in [0.2, 0.25) is 6.10 Å². The molecule has 1 aliphatic rings. The molecule has 0 aliphatic heterocycles. The van der Waals surface area contributed by atoms with Gasteiger partial charge in [0.25, 0.3) is 5.70 Å². The minimum atomic E-state index is -1.79. The fourth-order valence-corrected chi connectivity index (χ4v) is 2.14. The number of hydrogen-bond donors (Lipinski definition) is 1. The Morgan fingerprint density at radius 2 is 2.11 bits per heavy atom. The summed E-state index contributed by atoms with van der Waals surface area (Å²) in [5.74, 6) is -0.889. The van der Waals surface area contributed by atoms with Crippen molar-refractivity contribution >= 4 is 5.97 Å². The highest BCUT2D eigenvalue weighted by molar-refractivity contribution is 5.77. The van der Waals surface area contributed by atoms with Gasteiger partial charge in [0, 0.05) is 0 Å². The molecule has 1 saturated carbocycles. The highest BCUT2D eigenvalue weighted by atomic mass is 16.6. The number of aliphatic hydroxyl groups is 1. The van der Waals surface area contributed by atoms with E-state index in [1.54, 1.807) is 6.92 Å². The molecule has 1 atom stereocenters. The molecule has 1 fully saturated rings. The summed E-state index contributed by atoms with van der Waals surface area (Å²) in [6.45, 7) is 1.67. The second-order valence-electron chi connectivity index (χ2n) is 4.40. The Morgan fingerprint density at radius 3 is 2.61 bits per heavy atom. The van der Waals surface area contributed by atoms with Crippen molar-refractivity contribution in [2.75, 3.05) is 6.61 Å². The van der Waals surface area contributed by atoms with Gasteiger partial charge >= 0.3 is 5.97 Å². The molecule has 0 aromatic carbocycles. The summed E-state index contributed by atoms with van der Waals surface area (Å²) in [6.07, 6.45) is 4.56. The molecule has 0 aromatic rings. The summed E-state index contributed by atoms with van der Waals surface area (Å²) in [4.78, 5) is 21.5. The molecule has 0 spiro atoms. The summed E-state index contributed by atoms with van der Waals surface area (Å²) < 4.78 is 4.59. The molecule has 1 rings (SSSR count). The van der Waals surface area contributed by atoms with Crippen LogP contribution >= 0.6 is 0 Å². The van der Waals surface area contributed by atoms with Crippen LogP contribution in [-0.2, 0) is 9.53 Å². The Kier molecular flexibility index (Phi) is 5.77. The molecular formula is C12H19NO5. The number of esters is 1. The molecule has 1 N–H and O–H groups in total. The van der Waals surface area contributed by atoms with Crippen molar-refractivity contribution in [3.8, 4) is 0 Å². The highest BCUT2D eigenvalue weighted by Crippen LogP contribution is 2.26. The fraction of sp³-hybridized carbons (Fsp3) is 0.750. The number of allylic oxidation sites excluding steroid dienone is 1. The quantitative estimate of drug-likeness (QED) is 0.459. The molecule has 18 heavy (non-hydrogen) atoms. The first-order chi connectivity index (χ1) is 8.56. The molecule has 6 heteroatoms. The SMILES string of the molecule is CCOC(=O)C(O)/C(=C\C1CCCCC1)[N+](=O)[O-]. The minimum absolute atomic E-state index is 0.0724. The molecule has 1 aliphatic carbocycles. The largest absolute Gasteiger partial charge is 0.464 e. The van der Waals surface area contributed by atoms with E-state index >= 15 is 0 Å². The number of carbonyl (C=O) groups is 1. The maximum Gasteiger partial charge on any atom is 0.346 e. The van der Waals surface area contributed by atoms with E-state index in [2.05, 4.69) is 4.74 Å². The molecule has 102 valence electrons. The number of rotatable bonds is 5. The van der Waals surface area contributed by atoms with E-state index in [1.165, 1.54) is 6.08 Å². The Bertz CT molecular complexity index is 333. The molecule has 0 radical (unpaired) electrons. The van der Waals surface area contributed by atoms with Crippen LogP contribution in [0.4, 0.5) is 0 Å². The Labute approximate surface area is 106 Å². The predicted octanol–water partition coefficient (Wildman–Crippen LogP) is 1.65. The second kappa shape index (κ2) is 7.10. The standard InChI is InChI=1S/C12H19NO5/c1-2-18-12(15)11(14)10(13(16)17)8-9-6-4-3-5-7-9/h8-9,11,14H,2-7H2,1H3/b10-8+. The van der Waals surface area contributed by atoms with Gasteiger partial charge in [-0.3, -0.25) is 10.1 Å². The lowest BCUT2D eigenvalue weighted by molar-refractivity contribution is -0.435. The third kappa shape index (κ3) is 4.10. The molecule has 0 heterocycles. The van der Waals surface area contributed by atoms with Crippen LogP contribution in [0.5, 0.6) is 0 Å². The fourth-order valence-electron chi connectivity index (χ4n) is 2.14. The number of carbonyl (C=O) groups excluding carboxylic acids is 1. The van der Waals surface area contributed by atoms with Gasteiger partial charge in [-0.15, -0.1) is 0 Å². The molecule has 0 aromatic heterocycles. The van der Waals surface area contributed by atoms with Gasteiger partial charge in [-0.05, 0) is 31.8 Å². The summed E-state index contributed by atoms with van der Waals surface area (Å²) in [6, 6.07) is 0. The lowest BCUT2D eigenvalue weighted by atomic mass is 9.88. The van der Waals surface area contributed by atoms with Gasteiger partial charge < -0.3 is 9.84 Å². The molecule has 1 unspecified atom stereocenters. The van der Waals surface area contributed by atoms with E-state index in [0.717, 1.165) is 32.1 Å². The van der Waals surface area contributed by atoms with Crippen molar-refractivity contribution in [3.63, 3.8) is 0 Å².